The van der Waals surface area contributed by atoms with Gasteiger partial charge in [0.1, 0.15) is 0 Å². The molecule has 1 N–H and O–H groups in total. The largest absolute Gasteiger partial charge is 0.381 e. The van der Waals surface area contributed by atoms with Crippen LogP contribution in [0, 0.1) is 0 Å². The minimum Gasteiger partial charge on any atom is -0.381 e. The third-order valence-corrected chi connectivity index (χ3v) is 4.50. The lowest BCUT2D eigenvalue weighted by molar-refractivity contribution is 0.151. The molecular weight excluding hydrogens is 240 g/mol. The van der Waals surface area contributed by atoms with E-state index < -0.39 is 0 Å². The predicted molar refractivity (Wildman–Crippen MR) is 70.4 cm³/mol. The van der Waals surface area contributed by atoms with Crippen molar-refractivity contribution in [3.8, 4) is 0 Å². The third-order valence-electron chi connectivity index (χ3n) is 2.51. The van der Waals surface area contributed by atoms with Crippen molar-refractivity contribution >= 4 is 23.1 Å². The molecule has 16 heavy (non-hydrogen) atoms. The maximum absolute atomic E-state index is 5.34. The lowest BCUT2D eigenvalue weighted by Crippen LogP contribution is -2.30. The zero-order valence-corrected chi connectivity index (χ0v) is 11.2. The van der Waals surface area contributed by atoms with Gasteiger partial charge < -0.3 is 10.1 Å². The molecule has 1 atom stereocenters. The molecule has 3 nitrogen and oxygen atoms in total. The fourth-order valence-electron chi connectivity index (χ4n) is 1.66. The fraction of sp³-hybridized carbons (Fsp3) is 0.727. The van der Waals surface area contributed by atoms with Crippen molar-refractivity contribution in [1.29, 1.82) is 0 Å². The normalized spacial score (nSPS) is 21.2. The van der Waals surface area contributed by atoms with Crippen LogP contribution >= 0.6 is 23.1 Å². The highest BCUT2D eigenvalue weighted by Gasteiger charge is 2.17. The standard InChI is InChI=1S/C11H18N2OS2/c1-2-14-5-3-11-13-10(8-16-11)9-7-15-6-4-12-9/h8-9,12H,2-7H2,1H3. The van der Waals surface area contributed by atoms with Gasteiger partial charge in [0.15, 0.2) is 0 Å². The van der Waals surface area contributed by atoms with Crippen LogP contribution in [0.5, 0.6) is 0 Å². The number of aromatic nitrogens is 1. The average molecular weight is 258 g/mol. The van der Waals surface area contributed by atoms with Crippen molar-refractivity contribution in [3.63, 3.8) is 0 Å². The van der Waals surface area contributed by atoms with Gasteiger partial charge in [0, 0.05) is 36.5 Å². The van der Waals surface area contributed by atoms with Gasteiger partial charge in [-0.25, -0.2) is 4.98 Å². The molecular formula is C11H18N2OS2. The SMILES string of the molecule is CCOCCc1nc(C2CSCCN2)cs1. The topological polar surface area (TPSA) is 34.1 Å². The van der Waals surface area contributed by atoms with E-state index in [1.54, 1.807) is 11.3 Å². The molecule has 2 rings (SSSR count). The van der Waals surface area contributed by atoms with Crippen LogP contribution in [0.4, 0.5) is 0 Å². The Morgan fingerprint density at radius 3 is 3.31 bits per heavy atom. The van der Waals surface area contributed by atoms with Gasteiger partial charge in [-0.15, -0.1) is 11.3 Å². The molecule has 1 aliphatic heterocycles. The minimum atomic E-state index is 0.454. The van der Waals surface area contributed by atoms with Crippen LogP contribution in [-0.2, 0) is 11.2 Å². The molecule has 2 heterocycles. The molecule has 0 saturated carbocycles. The molecule has 5 heteroatoms. The third kappa shape index (κ3) is 3.45. The number of thioether (sulfide) groups is 1. The molecule has 1 aromatic heterocycles. The first-order valence-electron chi connectivity index (χ1n) is 5.73. The molecule has 0 amide bonds. The molecule has 1 aromatic rings. The molecule has 0 spiro atoms. The Hall–Kier alpha value is -0.100. The summed E-state index contributed by atoms with van der Waals surface area (Å²) in [6.07, 6.45) is 0.943. The van der Waals surface area contributed by atoms with Crippen LogP contribution in [0.3, 0.4) is 0 Å². The average Bonchev–Trinajstić information content (AvgIpc) is 2.79. The van der Waals surface area contributed by atoms with E-state index in [-0.39, 0.29) is 0 Å². The first-order chi connectivity index (χ1) is 7.90. The first-order valence-corrected chi connectivity index (χ1v) is 7.76. The van der Waals surface area contributed by atoms with E-state index in [0.29, 0.717) is 6.04 Å². The number of ether oxygens (including phenoxy) is 1. The Labute approximate surface area is 105 Å². The Kier molecular flexibility index (Phi) is 5.09. The summed E-state index contributed by atoms with van der Waals surface area (Å²) in [7, 11) is 0. The van der Waals surface area contributed by atoms with E-state index in [4.69, 9.17) is 4.74 Å². The molecule has 1 saturated heterocycles. The molecule has 0 aromatic carbocycles. The summed E-state index contributed by atoms with van der Waals surface area (Å²) >= 11 is 3.76. The van der Waals surface area contributed by atoms with Crippen LogP contribution in [0.2, 0.25) is 0 Å². The van der Waals surface area contributed by atoms with Gasteiger partial charge >= 0.3 is 0 Å². The number of nitrogens with zero attached hydrogens (tertiary/aromatic N) is 1. The van der Waals surface area contributed by atoms with Gasteiger partial charge in [0.05, 0.1) is 23.4 Å². The lowest BCUT2D eigenvalue weighted by Gasteiger charge is -2.21. The van der Waals surface area contributed by atoms with Gasteiger partial charge in [-0.05, 0) is 6.92 Å². The van der Waals surface area contributed by atoms with E-state index in [9.17, 15) is 0 Å². The van der Waals surface area contributed by atoms with Crippen molar-refractivity contribution in [2.24, 2.45) is 0 Å². The molecule has 1 aliphatic rings. The second kappa shape index (κ2) is 6.59. The van der Waals surface area contributed by atoms with Crippen molar-refractivity contribution in [3.05, 3.63) is 16.1 Å². The summed E-state index contributed by atoms with van der Waals surface area (Å²) < 4.78 is 5.34. The number of hydrogen-bond acceptors (Lipinski definition) is 5. The van der Waals surface area contributed by atoms with Crippen LogP contribution in [0.25, 0.3) is 0 Å². The molecule has 90 valence electrons. The molecule has 1 fully saturated rings. The van der Waals surface area contributed by atoms with Crippen molar-refractivity contribution in [2.75, 3.05) is 31.3 Å². The molecule has 0 radical (unpaired) electrons. The molecule has 0 bridgehead atoms. The molecule has 1 unspecified atom stereocenters. The van der Waals surface area contributed by atoms with Gasteiger partial charge in [-0.1, -0.05) is 0 Å². The van der Waals surface area contributed by atoms with Gasteiger partial charge in [-0.3, -0.25) is 0 Å². The number of thiazole rings is 1. The zero-order chi connectivity index (χ0) is 11.2. The maximum atomic E-state index is 5.34. The van der Waals surface area contributed by atoms with E-state index >= 15 is 0 Å². The maximum Gasteiger partial charge on any atom is 0.0951 e. The van der Waals surface area contributed by atoms with Crippen LogP contribution in [-0.4, -0.2) is 36.2 Å². The van der Waals surface area contributed by atoms with E-state index in [1.165, 1.54) is 16.5 Å². The highest BCUT2D eigenvalue weighted by atomic mass is 32.2. The van der Waals surface area contributed by atoms with Crippen LogP contribution in [0.15, 0.2) is 5.38 Å². The summed E-state index contributed by atoms with van der Waals surface area (Å²) in [6, 6.07) is 0.454. The van der Waals surface area contributed by atoms with Gasteiger partial charge in [0.2, 0.25) is 0 Å². The summed E-state index contributed by atoms with van der Waals surface area (Å²) in [4.78, 5) is 4.67. The van der Waals surface area contributed by atoms with Gasteiger partial charge in [0.25, 0.3) is 0 Å². The first kappa shape index (κ1) is 12.4. The zero-order valence-electron chi connectivity index (χ0n) is 9.57. The van der Waals surface area contributed by atoms with E-state index in [1.807, 2.05) is 18.7 Å². The van der Waals surface area contributed by atoms with E-state index in [0.717, 1.165) is 31.9 Å². The van der Waals surface area contributed by atoms with Crippen LogP contribution < -0.4 is 5.32 Å². The summed E-state index contributed by atoms with van der Waals surface area (Å²) in [5.74, 6) is 2.37. The quantitative estimate of drug-likeness (QED) is 0.820. The van der Waals surface area contributed by atoms with E-state index in [2.05, 4.69) is 15.7 Å². The summed E-state index contributed by atoms with van der Waals surface area (Å²) in [5, 5.41) is 6.89. The highest BCUT2D eigenvalue weighted by Crippen LogP contribution is 2.23. The number of nitrogens with one attached hydrogen (secondary N) is 1. The Morgan fingerprint density at radius 1 is 1.62 bits per heavy atom. The van der Waals surface area contributed by atoms with Crippen molar-refractivity contribution in [2.45, 2.75) is 19.4 Å². The second-order valence-corrected chi connectivity index (χ2v) is 5.79. The van der Waals surface area contributed by atoms with Crippen molar-refractivity contribution in [1.82, 2.24) is 10.3 Å². The number of rotatable bonds is 5. The fourth-order valence-corrected chi connectivity index (χ4v) is 3.45. The smallest absolute Gasteiger partial charge is 0.0951 e. The Morgan fingerprint density at radius 2 is 2.56 bits per heavy atom. The Bertz CT molecular complexity index is 311. The highest BCUT2D eigenvalue weighted by molar-refractivity contribution is 7.99. The predicted octanol–water partition coefficient (Wildman–Crippen LogP) is 2.10. The summed E-state index contributed by atoms with van der Waals surface area (Å²) in [6.45, 7) is 4.70. The number of hydrogen-bond donors (Lipinski definition) is 1. The van der Waals surface area contributed by atoms with Crippen molar-refractivity contribution < 1.29 is 4.74 Å². The minimum absolute atomic E-state index is 0.454. The summed E-state index contributed by atoms with van der Waals surface area (Å²) in [5.41, 5.74) is 1.21. The monoisotopic (exact) mass is 258 g/mol. The van der Waals surface area contributed by atoms with Gasteiger partial charge in [-0.2, -0.15) is 11.8 Å². The molecule has 0 aliphatic carbocycles. The van der Waals surface area contributed by atoms with Crippen LogP contribution in [0.1, 0.15) is 23.7 Å². The lowest BCUT2D eigenvalue weighted by atomic mass is 10.2. The second-order valence-electron chi connectivity index (χ2n) is 3.69. The Balaban J connectivity index is 1.85.